The highest BCUT2D eigenvalue weighted by Crippen LogP contribution is 2.32. The normalized spacial score (nSPS) is 14.5. The van der Waals surface area contributed by atoms with E-state index in [0.717, 1.165) is 36.4 Å². The van der Waals surface area contributed by atoms with Crippen LogP contribution in [0.15, 0.2) is 48.5 Å². The van der Waals surface area contributed by atoms with Crippen LogP contribution in [0.2, 0.25) is 0 Å². The number of benzene rings is 2. The van der Waals surface area contributed by atoms with Crippen molar-refractivity contribution in [3.05, 3.63) is 59.7 Å². The first-order valence-corrected chi connectivity index (χ1v) is 7.62. The van der Waals surface area contributed by atoms with E-state index in [2.05, 4.69) is 18.0 Å². The van der Waals surface area contributed by atoms with Gasteiger partial charge in [0.1, 0.15) is 0 Å². The van der Waals surface area contributed by atoms with Crippen molar-refractivity contribution in [1.82, 2.24) is 0 Å². The Morgan fingerprint density at radius 2 is 1.73 bits per heavy atom. The van der Waals surface area contributed by atoms with Gasteiger partial charge in [0.05, 0.1) is 11.4 Å². The summed E-state index contributed by atoms with van der Waals surface area (Å²) in [4.78, 5) is 17.0. The number of fused-ring (bicyclic) bond motifs is 1. The molecule has 4 nitrogen and oxygen atoms in total. The van der Waals surface area contributed by atoms with Crippen molar-refractivity contribution in [3.63, 3.8) is 0 Å². The van der Waals surface area contributed by atoms with E-state index in [1.54, 1.807) is 0 Å². The van der Waals surface area contributed by atoms with Gasteiger partial charge in [0.2, 0.25) is 0 Å². The third-order valence-electron chi connectivity index (χ3n) is 4.14. The highest BCUT2D eigenvalue weighted by Gasteiger charge is 2.23. The Labute approximate surface area is 131 Å². The standard InChI is InChI=1S/C18H21N3O/c1-20-11-4-12-21(17-6-3-2-5-16(17)20)18(22)15-9-7-14(13-19)8-10-15/h2-3,5-10H,4,11-13,19H2,1H3. The second-order valence-corrected chi connectivity index (χ2v) is 5.62. The summed E-state index contributed by atoms with van der Waals surface area (Å²) in [5, 5.41) is 0. The number of carbonyl (C=O) groups is 1. The molecule has 1 amide bonds. The Balaban J connectivity index is 1.95. The Morgan fingerprint density at radius 3 is 2.41 bits per heavy atom. The van der Waals surface area contributed by atoms with Crippen LogP contribution >= 0.6 is 0 Å². The zero-order valence-electron chi connectivity index (χ0n) is 12.8. The molecule has 0 saturated heterocycles. The largest absolute Gasteiger partial charge is 0.373 e. The molecule has 0 fully saturated rings. The lowest BCUT2D eigenvalue weighted by molar-refractivity contribution is 0.0987. The van der Waals surface area contributed by atoms with Gasteiger partial charge in [-0.25, -0.2) is 0 Å². The van der Waals surface area contributed by atoms with Crippen LogP contribution in [0.25, 0.3) is 0 Å². The van der Waals surface area contributed by atoms with E-state index in [-0.39, 0.29) is 5.91 Å². The summed E-state index contributed by atoms with van der Waals surface area (Å²) < 4.78 is 0. The van der Waals surface area contributed by atoms with Crippen molar-refractivity contribution in [1.29, 1.82) is 0 Å². The molecular formula is C18H21N3O. The molecule has 0 atom stereocenters. The highest BCUT2D eigenvalue weighted by molar-refractivity contribution is 6.08. The van der Waals surface area contributed by atoms with Crippen LogP contribution in [-0.2, 0) is 6.54 Å². The number of anilines is 2. The molecule has 1 aliphatic heterocycles. The maximum absolute atomic E-state index is 12.9. The number of hydrogen-bond acceptors (Lipinski definition) is 3. The van der Waals surface area contributed by atoms with Gasteiger partial charge in [0.15, 0.2) is 0 Å². The third kappa shape index (κ3) is 2.70. The molecular weight excluding hydrogens is 274 g/mol. The molecule has 2 aromatic carbocycles. The van der Waals surface area contributed by atoms with E-state index in [1.165, 1.54) is 0 Å². The minimum Gasteiger partial charge on any atom is -0.373 e. The summed E-state index contributed by atoms with van der Waals surface area (Å²) in [7, 11) is 2.07. The quantitative estimate of drug-likeness (QED) is 0.926. The van der Waals surface area contributed by atoms with E-state index in [1.807, 2.05) is 47.4 Å². The van der Waals surface area contributed by atoms with Crippen molar-refractivity contribution >= 4 is 17.3 Å². The van der Waals surface area contributed by atoms with E-state index >= 15 is 0 Å². The summed E-state index contributed by atoms with van der Waals surface area (Å²) in [5.74, 6) is 0.0475. The van der Waals surface area contributed by atoms with Crippen LogP contribution in [-0.4, -0.2) is 26.0 Å². The maximum Gasteiger partial charge on any atom is 0.258 e. The van der Waals surface area contributed by atoms with Crippen molar-refractivity contribution < 1.29 is 4.79 Å². The van der Waals surface area contributed by atoms with Crippen molar-refractivity contribution in [2.75, 3.05) is 29.9 Å². The van der Waals surface area contributed by atoms with E-state index < -0.39 is 0 Å². The predicted octanol–water partition coefficient (Wildman–Crippen LogP) is 2.63. The molecule has 1 aliphatic rings. The number of hydrogen-bond donors (Lipinski definition) is 1. The third-order valence-corrected chi connectivity index (χ3v) is 4.14. The van der Waals surface area contributed by atoms with Crippen LogP contribution in [0.1, 0.15) is 22.3 Å². The van der Waals surface area contributed by atoms with Crippen molar-refractivity contribution in [2.24, 2.45) is 5.73 Å². The molecule has 2 aromatic rings. The topological polar surface area (TPSA) is 49.6 Å². The molecule has 0 aliphatic carbocycles. The number of amides is 1. The van der Waals surface area contributed by atoms with Gasteiger partial charge >= 0.3 is 0 Å². The highest BCUT2D eigenvalue weighted by atomic mass is 16.2. The first-order chi connectivity index (χ1) is 10.7. The summed E-state index contributed by atoms with van der Waals surface area (Å²) in [6, 6.07) is 15.6. The number of para-hydroxylation sites is 2. The van der Waals surface area contributed by atoms with Crippen LogP contribution < -0.4 is 15.5 Å². The van der Waals surface area contributed by atoms with Crippen molar-refractivity contribution in [2.45, 2.75) is 13.0 Å². The lowest BCUT2D eigenvalue weighted by Gasteiger charge is -2.24. The molecule has 0 bridgehead atoms. The first-order valence-electron chi connectivity index (χ1n) is 7.62. The molecule has 2 N–H and O–H groups in total. The lowest BCUT2D eigenvalue weighted by atomic mass is 10.1. The average Bonchev–Trinajstić information content (AvgIpc) is 2.74. The SMILES string of the molecule is CN1CCCN(C(=O)c2ccc(CN)cc2)c2ccccc21. The zero-order valence-corrected chi connectivity index (χ0v) is 12.8. The van der Waals surface area contributed by atoms with Gasteiger partial charge in [-0.2, -0.15) is 0 Å². The number of nitrogens with zero attached hydrogens (tertiary/aromatic N) is 2. The van der Waals surface area contributed by atoms with Crippen LogP contribution in [0, 0.1) is 0 Å². The smallest absolute Gasteiger partial charge is 0.258 e. The molecule has 22 heavy (non-hydrogen) atoms. The monoisotopic (exact) mass is 295 g/mol. The van der Waals surface area contributed by atoms with E-state index in [4.69, 9.17) is 5.73 Å². The lowest BCUT2D eigenvalue weighted by Crippen LogP contribution is -2.31. The second kappa shape index (κ2) is 6.20. The van der Waals surface area contributed by atoms with Gasteiger partial charge in [0.25, 0.3) is 5.91 Å². The fraction of sp³-hybridized carbons (Fsp3) is 0.278. The zero-order chi connectivity index (χ0) is 15.5. The van der Waals surface area contributed by atoms with Gasteiger partial charge in [-0.15, -0.1) is 0 Å². The molecule has 3 rings (SSSR count). The predicted molar refractivity (Wildman–Crippen MR) is 90.3 cm³/mol. The minimum atomic E-state index is 0.0475. The fourth-order valence-corrected chi connectivity index (χ4v) is 2.87. The van der Waals surface area contributed by atoms with Crippen LogP contribution in [0.4, 0.5) is 11.4 Å². The Morgan fingerprint density at radius 1 is 1.05 bits per heavy atom. The summed E-state index contributed by atoms with van der Waals surface area (Å²) in [5.41, 5.74) is 9.44. The molecule has 0 unspecified atom stereocenters. The van der Waals surface area contributed by atoms with Crippen molar-refractivity contribution in [3.8, 4) is 0 Å². The Kier molecular flexibility index (Phi) is 4.11. The molecule has 4 heteroatoms. The minimum absolute atomic E-state index is 0.0475. The van der Waals surface area contributed by atoms with Gasteiger partial charge in [-0.1, -0.05) is 24.3 Å². The fourth-order valence-electron chi connectivity index (χ4n) is 2.87. The van der Waals surface area contributed by atoms with E-state index in [9.17, 15) is 4.79 Å². The summed E-state index contributed by atoms with van der Waals surface area (Å²) in [6.45, 7) is 2.18. The van der Waals surface area contributed by atoms with Gasteiger partial charge in [0, 0.05) is 32.2 Å². The Bertz CT molecular complexity index is 666. The number of carbonyl (C=O) groups excluding carboxylic acids is 1. The molecule has 0 spiro atoms. The molecule has 0 radical (unpaired) electrons. The van der Waals surface area contributed by atoms with Gasteiger partial charge < -0.3 is 15.5 Å². The molecule has 1 heterocycles. The number of rotatable bonds is 2. The average molecular weight is 295 g/mol. The maximum atomic E-state index is 12.9. The Hall–Kier alpha value is -2.33. The summed E-state index contributed by atoms with van der Waals surface area (Å²) in [6.07, 6.45) is 0.956. The van der Waals surface area contributed by atoms with Crippen LogP contribution in [0.5, 0.6) is 0 Å². The van der Waals surface area contributed by atoms with Gasteiger partial charge in [-0.3, -0.25) is 4.79 Å². The molecule has 114 valence electrons. The van der Waals surface area contributed by atoms with Gasteiger partial charge in [-0.05, 0) is 36.2 Å². The first kappa shape index (κ1) is 14.6. The van der Waals surface area contributed by atoms with Crippen LogP contribution in [0.3, 0.4) is 0 Å². The number of nitrogens with two attached hydrogens (primary N) is 1. The second-order valence-electron chi connectivity index (χ2n) is 5.62. The molecule has 0 saturated carbocycles. The summed E-state index contributed by atoms with van der Waals surface area (Å²) >= 11 is 0. The van der Waals surface area contributed by atoms with E-state index in [0.29, 0.717) is 12.1 Å². The molecule has 0 aromatic heterocycles.